The molecule has 1 aromatic heterocycles. The third-order valence-electron chi connectivity index (χ3n) is 3.26. The molecule has 0 aliphatic rings. The molecule has 0 bridgehead atoms. The Kier molecular flexibility index (Phi) is 4.86. The number of nitro benzene ring substituents is 1. The van der Waals surface area contributed by atoms with E-state index in [4.69, 9.17) is 0 Å². The molecule has 2 rings (SSSR count). The van der Waals surface area contributed by atoms with Crippen LogP contribution < -0.4 is 5.32 Å². The lowest BCUT2D eigenvalue weighted by Gasteiger charge is -2.12. The van der Waals surface area contributed by atoms with Gasteiger partial charge in [0.2, 0.25) is 0 Å². The predicted molar refractivity (Wildman–Crippen MR) is 82.5 cm³/mol. The van der Waals surface area contributed by atoms with Crippen molar-refractivity contribution in [2.75, 3.05) is 11.9 Å². The number of aromatic nitrogens is 1. The molecule has 0 fully saturated rings. The van der Waals surface area contributed by atoms with Crippen molar-refractivity contribution in [2.45, 2.75) is 25.9 Å². The first-order valence-electron chi connectivity index (χ1n) is 6.96. The van der Waals surface area contributed by atoms with Crippen molar-refractivity contribution in [1.29, 1.82) is 5.26 Å². The van der Waals surface area contributed by atoms with Crippen LogP contribution >= 0.6 is 0 Å². The van der Waals surface area contributed by atoms with Crippen LogP contribution in [0.2, 0.25) is 0 Å². The molecule has 2 aromatic rings. The maximum Gasteiger partial charge on any atom is 0.270 e. The molecule has 22 heavy (non-hydrogen) atoms. The molecule has 1 unspecified atom stereocenters. The molecule has 0 saturated carbocycles. The Hall–Kier alpha value is -2.72. The lowest BCUT2D eigenvalue weighted by molar-refractivity contribution is -0.384. The van der Waals surface area contributed by atoms with Gasteiger partial charge in [-0.05, 0) is 18.6 Å². The van der Waals surface area contributed by atoms with Crippen molar-refractivity contribution in [1.82, 2.24) is 4.98 Å². The minimum Gasteiger partial charge on any atom is -0.391 e. The van der Waals surface area contributed by atoms with Gasteiger partial charge in [-0.2, -0.15) is 5.26 Å². The fourth-order valence-electron chi connectivity index (χ4n) is 2.17. The van der Waals surface area contributed by atoms with Gasteiger partial charge in [-0.3, -0.25) is 10.1 Å². The molecule has 1 atom stereocenters. The highest BCUT2D eigenvalue weighted by Gasteiger charge is 2.12. The van der Waals surface area contributed by atoms with Crippen LogP contribution in [0.25, 0.3) is 10.9 Å². The van der Waals surface area contributed by atoms with Crippen molar-refractivity contribution in [3.05, 3.63) is 39.9 Å². The summed E-state index contributed by atoms with van der Waals surface area (Å²) in [5.41, 5.74) is 0.725. The van der Waals surface area contributed by atoms with Gasteiger partial charge in [0.1, 0.15) is 5.82 Å². The fraction of sp³-hybridized carbons (Fsp3) is 0.333. The quantitative estimate of drug-likeness (QED) is 0.626. The number of aliphatic hydroxyl groups is 1. The summed E-state index contributed by atoms with van der Waals surface area (Å²) in [4.78, 5) is 14.6. The average molecular weight is 300 g/mol. The van der Waals surface area contributed by atoms with E-state index in [1.54, 1.807) is 0 Å². The van der Waals surface area contributed by atoms with Gasteiger partial charge in [-0.15, -0.1) is 0 Å². The van der Waals surface area contributed by atoms with Crippen LogP contribution in [0.1, 0.15) is 25.3 Å². The summed E-state index contributed by atoms with van der Waals surface area (Å²) in [5.74, 6) is 0.466. The largest absolute Gasteiger partial charge is 0.391 e. The van der Waals surface area contributed by atoms with Gasteiger partial charge in [-0.25, -0.2) is 4.98 Å². The number of pyridine rings is 1. The first kappa shape index (κ1) is 15.7. The average Bonchev–Trinajstić information content (AvgIpc) is 2.51. The maximum atomic E-state index is 10.8. The number of nitrogens with zero attached hydrogens (tertiary/aromatic N) is 3. The minimum atomic E-state index is -0.506. The van der Waals surface area contributed by atoms with Crippen molar-refractivity contribution < 1.29 is 10.0 Å². The number of non-ortho nitro benzene ring substituents is 1. The number of aliphatic hydroxyl groups excluding tert-OH is 1. The van der Waals surface area contributed by atoms with Crippen LogP contribution in [0, 0.1) is 21.4 Å². The van der Waals surface area contributed by atoms with Gasteiger partial charge in [0.25, 0.3) is 5.69 Å². The Morgan fingerprint density at radius 1 is 1.50 bits per heavy atom. The summed E-state index contributed by atoms with van der Waals surface area (Å²) in [6, 6.07) is 7.77. The van der Waals surface area contributed by atoms with Gasteiger partial charge in [-0.1, -0.05) is 13.3 Å². The van der Waals surface area contributed by atoms with Crippen LogP contribution in [-0.2, 0) is 0 Å². The molecule has 114 valence electrons. The number of nitrogens with one attached hydrogen (secondary N) is 1. The normalized spacial score (nSPS) is 11.9. The number of benzene rings is 1. The number of anilines is 1. The summed E-state index contributed by atoms with van der Waals surface area (Å²) in [5, 5.41) is 33.2. The molecular weight excluding hydrogens is 284 g/mol. The summed E-state index contributed by atoms with van der Waals surface area (Å²) in [7, 11) is 0. The first-order chi connectivity index (χ1) is 10.5. The Morgan fingerprint density at radius 2 is 2.27 bits per heavy atom. The summed E-state index contributed by atoms with van der Waals surface area (Å²) in [6.07, 6.45) is 1.07. The topological polar surface area (TPSA) is 112 Å². The number of nitriles is 1. The van der Waals surface area contributed by atoms with Crippen LogP contribution in [-0.4, -0.2) is 27.7 Å². The zero-order valence-corrected chi connectivity index (χ0v) is 12.1. The van der Waals surface area contributed by atoms with E-state index in [1.165, 1.54) is 24.3 Å². The van der Waals surface area contributed by atoms with Crippen LogP contribution in [0.5, 0.6) is 0 Å². The highest BCUT2D eigenvalue weighted by Crippen LogP contribution is 2.24. The molecule has 7 heteroatoms. The molecule has 7 nitrogen and oxygen atoms in total. The molecule has 0 radical (unpaired) electrons. The summed E-state index contributed by atoms with van der Waals surface area (Å²) in [6.45, 7) is 2.32. The standard InChI is InChI=1S/C15H16N4O3/c1-2-3-12(20)9-17-15-6-10(8-16)13-7-11(19(21)22)4-5-14(13)18-15/h4-7,12,20H,2-3,9H2,1H3,(H,17,18). The molecule has 2 N–H and O–H groups in total. The van der Waals surface area contributed by atoms with Crippen LogP contribution in [0.4, 0.5) is 11.5 Å². The molecule has 0 amide bonds. The van der Waals surface area contributed by atoms with Crippen molar-refractivity contribution >= 4 is 22.4 Å². The van der Waals surface area contributed by atoms with Crippen molar-refractivity contribution in [3.8, 4) is 6.07 Å². The van der Waals surface area contributed by atoms with Crippen molar-refractivity contribution in [3.63, 3.8) is 0 Å². The Morgan fingerprint density at radius 3 is 2.91 bits per heavy atom. The second-order valence-corrected chi connectivity index (χ2v) is 4.95. The highest BCUT2D eigenvalue weighted by molar-refractivity contribution is 5.88. The zero-order valence-electron chi connectivity index (χ0n) is 12.1. The molecule has 0 aliphatic heterocycles. The van der Waals surface area contributed by atoms with Gasteiger partial charge >= 0.3 is 0 Å². The Labute approximate surface area is 127 Å². The van der Waals surface area contributed by atoms with E-state index >= 15 is 0 Å². The number of fused-ring (bicyclic) bond motifs is 1. The SMILES string of the molecule is CCCC(O)CNc1cc(C#N)c2cc([N+](=O)[O-])ccc2n1. The zero-order chi connectivity index (χ0) is 16.1. The second-order valence-electron chi connectivity index (χ2n) is 4.95. The Balaban J connectivity index is 2.33. The molecule has 0 saturated heterocycles. The van der Waals surface area contributed by atoms with Gasteiger partial charge < -0.3 is 10.4 Å². The monoisotopic (exact) mass is 300 g/mol. The number of hydrogen-bond acceptors (Lipinski definition) is 6. The number of hydrogen-bond donors (Lipinski definition) is 2. The lowest BCUT2D eigenvalue weighted by atomic mass is 10.1. The summed E-state index contributed by atoms with van der Waals surface area (Å²) < 4.78 is 0. The van der Waals surface area contributed by atoms with Gasteiger partial charge in [0.15, 0.2) is 0 Å². The summed E-state index contributed by atoms with van der Waals surface area (Å²) >= 11 is 0. The molecular formula is C15H16N4O3. The van der Waals surface area contributed by atoms with Gasteiger partial charge in [0.05, 0.1) is 28.2 Å². The third kappa shape index (κ3) is 3.48. The molecule has 0 spiro atoms. The van der Waals surface area contributed by atoms with E-state index in [1.807, 2.05) is 13.0 Å². The fourth-order valence-corrected chi connectivity index (χ4v) is 2.17. The van der Waals surface area contributed by atoms with Crippen LogP contribution in [0.3, 0.4) is 0 Å². The first-order valence-corrected chi connectivity index (χ1v) is 6.96. The minimum absolute atomic E-state index is 0.0788. The maximum absolute atomic E-state index is 10.8. The smallest absolute Gasteiger partial charge is 0.270 e. The second kappa shape index (κ2) is 6.83. The molecule has 0 aliphatic carbocycles. The highest BCUT2D eigenvalue weighted by atomic mass is 16.6. The van der Waals surface area contributed by atoms with E-state index in [0.29, 0.717) is 35.2 Å². The van der Waals surface area contributed by atoms with E-state index in [9.17, 15) is 20.5 Å². The third-order valence-corrected chi connectivity index (χ3v) is 3.26. The molecule has 1 aromatic carbocycles. The Bertz CT molecular complexity index is 739. The number of nitro groups is 1. The van der Waals surface area contributed by atoms with E-state index < -0.39 is 11.0 Å². The predicted octanol–water partition coefficient (Wildman–Crippen LogP) is 2.59. The van der Waals surface area contributed by atoms with Gasteiger partial charge in [0, 0.05) is 24.1 Å². The lowest BCUT2D eigenvalue weighted by Crippen LogP contribution is -2.19. The molecule has 1 heterocycles. The van der Waals surface area contributed by atoms with E-state index in [2.05, 4.69) is 10.3 Å². The van der Waals surface area contributed by atoms with Crippen LogP contribution in [0.15, 0.2) is 24.3 Å². The van der Waals surface area contributed by atoms with E-state index in [-0.39, 0.29) is 5.69 Å². The van der Waals surface area contributed by atoms with E-state index in [0.717, 1.165) is 6.42 Å². The van der Waals surface area contributed by atoms with Crippen molar-refractivity contribution in [2.24, 2.45) is 0 Å². The number of rotatable bonds is 6.